The van der Waals surface area contributed by atoms with Crippen LogP contribution in [0.25, 0.3) is 27.6 Å². The highest BCUT2D eigenvalue weighted by atomic mass is 32.1. The van der Waals surface area contributed by atoms with Crippen molar-refractivity contribution in [2.45, 2.75) is 6.92 Å². The molecule has 2 N–H and O–H groups in total. The molecule has 0 saturated heterocycles. The van der Waals surface area contributed by atoms with Gasteiger partial charge in [-0.25, -0.2) is 4.98 Å². The number of aryl methyl sites for hydroxylation is 1. The van der Waals surface area contributed by atoms with Crippen LogP contribution in [0.3, 0.4) is 0 Å². The van der Waals surface area contributed by atoms with Crippen molar-refractivity contribution in [1.82, 2.24) is 20.0 Å². The Morgan fingerprint density at radius 2 is 2.00 bits per heavy atom. The Balaban J connectivity index is 1.52. The Bertz CT molecular complexity index is 1220. The second-order valence-corrected chi connectivity index (χ2v) is 7.37. The molecule has 0 bridgehead atoms. The Morgan fingerprint density at radius 3 is 2.86 bits per heavy atom. The standard InChI is InChI=1S/C20H17N5O3S/c1-11-3-5-15(26-2)14(7-11)25-19(21)18(23-24-25)20-22-13(9-29-20)12-4-6-16-17(8-12)28-10-27-16/h3-9H,10,21H2,1-2H3. The van der Waals surface area contributed by atoms with Crippen molar-refractivity contribution in [2.24, 2.45) is 0 Å². The van der Waals surface area contributed by atoms with Gasteiger partial charge in [0, 0.05) is 10.9 Å². The van der Waals surface area contributed by atoms with Crippen molar-refractivity contribution in [3.8, 4) is 44.9 Å². The fourth-order valence-corrected chi connectivity index (χ4v) is 3.98. The molecular formula is C20H17N5O3S. The average Bonchev–Trinajstić information content (AvgIpc) is 3.46. The normalized spacial score (nSPS) is 12.3. The number of nitrogens with two attached hydrogens (primary N) is 1. The second-order valence-electron chi connectivity index (χ2n) is 6.52. The van der Waals surface area contributed by atoms with Crippen LogP contribution < -0.4 is 19.9 Å². The number of aromatic nitrogens is 4. The van der Waals surface area contributed by atoms with Gasteiger partial charge in [-0.05, 0) is 42.8 Å². The van der Waals surface area contributed by atoms with E-state index in [1.807, 2.05) is 48.7 Å². The SMILES string of the molecule is COc1ccc(C)cc1-n1nnc(-c2nc(-c3ccc4c(c3)OCO4)cs2)c1N. The lowest BCUT2D eigenvalue weighted by Gasteiger charge is -2.09. The molecule has 2 aromatic heterocycles. The number of methoxy groups -OCH3 is 1. The van der Waals surface area contributed by atoms with Crippen LogP contribution in [0.5, 0.6) is 17.2 Å². The van der Waals surface area contributed by atoms with Gasteiger partial charge in [-0.3, -0.25) is 0 Å². The smallest absolute Gasteiger partial charge is 0.231 e. The molecule has 2 aromatic carbocycles. The van der Waals surface area contributed by atoms with Gasteiger partial charge in [0.15, 0.2) is 23.0 Å². The fourth-order valence-electron chi connectivity index (χ4n) is 3.16. The maximum Gasteiger partial charge on any atom is 0.231 e. The summed E-state index contributed by atoms with van der Waals surface area (Å²) in [6.45, 7) is 2.23. The summed E-state index contributed by atoms with van der Waals surface area (Å²) in [6, 6.07) is 11.5. The quantitative estimate of drug-likeness (QED) is 0.551. The summed E-state index contributed by atoms with van der Waals surface area (Å²) in [4.78, 5) is 4.70. The highest BCUT2D eigenvalue weighted by molar-refractivity contribution is 7.13. The van der Waals surface area contributed by atoms with E-state index in [2.05, 4.69) is 10.3 Å². The van der Waals surface area contributed by atoms with Crippen molar-refractivity contribution in [2.75, 3.05) is 19.6 Å². The Morgan fingerprint density at radius 1 is 1.14 bits per heavy atom. The molecule has 0 spiro atoms. The molecule has 0 fully saturated rings. The highest BCUT2D eigenvalue weighted by Crippen LogP contribution is 2.38. The van der Waals surface area contributed by atoms with Crippen LogP contribution in [0.15, 0.2) is 41.8 Å². The number of benzene rings is 2. The first kappa shape index (κ1) is 17.5. The number of rotatable bonds is 4. The van der Waals surface area contributed by atoms with Crippen molar-refractivity contribution in [3.63, 3.8) is 0 Å². The number of nitrogens with zero attached hydrogens (tertiary/aromatic N) is 4. The molecule has 4 aromatic rings. The van der Waals surface area contributed by atoms with Crippen LogP contribution in [0.1, 0.15) is 5.56 Å². The van der Waals surface area contributed by atoms with Crippen molar-refractivity contribution >= 4 is 17.2 Å². The fraction of sp³-hybridized carbons (Fsp3) is 0.150. The average molecular weight is 407 g/mol. The van der Waals surface area contributed by atoms with E-state index in [0.717, 1.165) is 28.3 Å². The second kappa shape index (κ2) is 6.78. The molecule has 0 unspecified atom stereocenters. The third kappa shape index (κ3) is 2.95. The van der Waals surface area contributed by atoms with Crippen molar-refractivity contribution < 1.29 is 14.2 Å². The number of fused-ring (bicyclic) bond motifs is 1. The first-order chi connectivity index (χ1) is 14.1. The number of hydrogen-bond donors (Lipinski definition) is 1. The molecule has 9 heteroatoms. The Labute approximate surface area is 170 Å². The molecule has 146 valence electrons. The number of thiazole rings is 1. The van der Waals surface area contributed by atoms with Crippen LogP contribution >= 0.6 is 11.3 Å². The lowest BCUT2D eigenvalue weighted by atomic mass is 10.1. The predicted molar refractivity (Wildman–Crippen MR) is 110 cm³/mol. The van der Waals surface area contributed by atoms with Crippen LogP contribution in [0.4, 0.5) is 5.82 Å². The van der Waals surface area contributed by atoms with Gasteiger partial charge in [-0.15, -0.1) is 16.4 Å². The van der Waals surface area contributed by atoms with E-state index in [0.29, 0.717) is 28.0 Å². The van der Waals surface area contributed by atoms with Gasteiger partial charge >= 0.3 is 0 Å². The monoisotopic (exact) mass is 407 g/mol. The number of anilines is 1. The van der Waals surface area contributed by atoms with Gasteiger partial charge in [-0.2, -0.15) is 4.68 Å². The molecule has 0 aliphatic carbocycles. The highest BCUT2D eigenvalue weighted by Gasteiger charge is 2.20. The minimum Gasteiger partial charge on any atom is -0.494 e. The van der Waals surface area contributed by atoms with E-state index in [1.54, 1.807) is 11.8 Å². The lowest BCUT2D eigenvalue weighted by Crippen LogP contribution is -2.04. The van der Waals surface area contributed by atoms with Gasteiger partial charge in [0.25, 0.3) is 0 Å². The van der Waals surface area contributed by atoms with Gasteiger partial charge in [0.05, 0.1) is 12.8 Å². The summed E-state index contributed by atoms with van der Waals surface area (Å²) in [5, 5.41) is 11.1. The third-order valence-electron chi connectivity index (χ3n) is 4.64. The molecule has 0 amide bonds. The van der Waals surface area contributed by atoms with Crippen LogP contribution in [0, 0.1) is 6.92 Å². The Kier molecular flexibility index (Phi) is 4.09. The molecule has 8 nitrogen and oxygen atoms in total. The van der Waals surface area contributed by atoms with E-state index in [4.69, 9.17) is 24.9 Å². The molecule has 0 radical (unpaired) electrons. The molecular weight excluding hydrogens is 390 g/mol. The van der Waals surface area contributed by atoms with E-state index >= 15 is 0 Å². The molecule has 0 atom stereocenters. The first-order valence-electron chi connectivity index (χ1n) is 8.86. The molecule has 5 rings (SSSR count). The third-order valence-corrected chi connectivity index (χ3v) is 5.49. The molecule has 29 heavy (non-hydrogen) atoms. The van der Waals surface area contributed by atoms with Crippen LogP contribution in [0.2, 0.25) is 0 Å². The zero-order valence-electron chi connectivity index (χ0n) is 15.7. The topological polar surface area (TPSA) is 97.3 Å². The maximum atomic E-state index is 6.38. The van der Waals surface area contributed by atoms with Gasteiger partial charge < -0.3 is 19.9 Å². The molecule has 3 heterocycles. The summed E-state index contributed by atoms with van der Waals surface area (Å²) in [6.07, 6.45) is 0. The van der Waals surface area contributed by atoms with E-state index in [-0.39, 0.29) is 6.79 Å². The predicted octanol–water partition coefficient (Wildman–Crippen LogP) is 3.69. The summed E-state index contributed by atoms with van der Waals surface area (Å²) in [7, 11) is 1.61. The van der Waals surface area contributed by atoms with Gasteiger partial charge in [-0.1, -0.05) is 11.3 Å². The Hall–Kier alpha value is -3.59. The van der Waals surface area contributed by atoms with Gasteiger partial charge in [0.2, 0.25) is 6.79 Å². The minimum atomic E-state index is 0.239. The number of nitrogen functional groups attached to an aromatic ring is 1. The van der Waals surface area contributed by atoms with E-state index < -0.39 is 0 Å². The first-order valence-corrected chi connectivity index (χ1v) is 9.74. The van der Waals surface area contributed by atoms with Gasteiger partial charge in [0.1, 0.15) is 16.4 Å². The summed E-state index contributed by atoms with van der Waals surface area (Å²) in [5.41, 5.74) is 10.5. The van der Waals surface area contributed by atoms with E-state index in [9.17, 15) is 0 Å². The molecule has 0 saturated carbocycles. The van der Waals surface area contributed by atoms with E-state index in [1.165, 1.54) is 11.3 Å². The van der Waals surface area contributed by atoms with Crippen LogP contribution in [-0.4, -0.2) is 33.9 Å². The zero-order valence-corrected chi connectivity index (χ0v) is 16.6. The largest absolute Gasteiger partial charge is 0.494 e. The lowest BCUT2D eigenvalue weighted by molar-refractivity contribution is 0.174. The molecule has 1 aliphatic heterocycles. The summed E-state index contributed by atoms with van der Waals surface area (Å²) in [5.74, 6) is 2.52. The number of hydrogen-bond acceptors (Lipinski definition) is 8. The summed E-state index contributed by atoms with van der Waals surface area (Å²) >= 11 is 1.46. The minimum absolute atomic E-state index is 0.239. The van der Waals surface area contributed by atoms with Crippen molar-refractivity contribution in [3.05, 3.63) is 47.3 Å². The summed E-state index contributed by atoms with van der Waals surface area (Å²) < 4.78 is 17.8. The maximum absolute atomic E-state index is 6.38. The van der Waals surface area contributed by atoms with Crippen molar-refractivity contribution in [1.29, 1.82) is 0 Å². The number of ether oxygens (including phenoxy) is 3. The van der Waals surface area contributed by atoms with Crippen LogP contribution in [-0.2, 0) is 0 Å². The zero-order chi connectivity index (χ0) is 20.0. The molecule has 1 aliphatic rings.